The van der Waals surface area contributed by atoms with Gasteiger partial charge in [-0.3, -0.25) is 0 Å². The highest BCUT2D eigenvalue weighted by molar-refractivity contribution is 5.26. The van der Waals surface area contributed by atoms with E-state index >= 15 is 0 Å². The molecule has 2 rings (SSSR count). The number of nitrogens with two attached hydrogens (primary N) is 1. The Kier molecular flexibility index (Phi) is 2.86. The zero-order valence-electron chi connectivity index (χ0n) is 9.93. The van der Waals surface area contributed by atoms with Gasteiger partial charge in [-0.25, -0.2) is 0 Å². The second-order valence-corrected chi connectivity index (χ2v) is 4.75. The maximum Gasteiger partial charge on any atom is 0.318 e. The summed E-state index contributed by atoms with van der Waals surface area (Å²) in [5, 5.41) is 7.84. The average molecular weight is 226 g/mol. The van der Waals surface area contributed by atoms with Crippen LogP contribution >= 0.6 is 0 Å². The zero-order chi connectivity index (χ0) is 11.8. The van der Waals surface area contributed by atoms with E-state index in [-0.39, 0.29) is 18.2 Å². The van der Waals surface area contributed by atoms with Crippen LogP contribution in [0.2, 0.25) is 0 Å². The fraction of sp³-hybridized carbons (Fsp3) is 0.800. The summed E-state index contributed by atoms with van der Waals surface area (Å²) in [5.41, 5.74) is 5.23. The highest BCUT2D eigenvalue weighted by Crippen LogP contribution is 2.24. The quantitative estimate of drug-likeness (QED) is 0.792. The van der Waals surface area contributed by atoms with E-state index in [1.54, 1.807) is 0 Å². The van der Waals surface area contributed by atoms with Crippen molar-refractivity contribution >= 4 is 6.01 Å². The summed E-state index contributed by atoms with van der Waals surface area (Å²) in [5.74, 6) is 0.465. The van der Waals surface area contributed by atoms with Crippen LogP contribution in [0.25, 0.3) is 0 Å². The molecule has 0 spiro atoms. The average Bonchev–Trinajstić information content (AvgIpc) is 2.62. The maximum atomic E-state index is 5.80. The molecule has 16 heavy (non-hydrogen) atoms. The molecule has 0 bridgehead atoms. The fourth-order valence-corrected chi connectivity index (χ4v) is 2.05. The van der Waals surface area contributed by atoms with Gasteiger partial charge in [0.2, 0.25) is 5.89 Å². The zero-order valence-corrected chi connectivity index (χ0v) is 9.93. The van der Waals surface area contributed by atoms with Crippen molar-refractivity contribution in [1.82, 2.24) is 10.2 Å². The molecule has 1 saturated heterocycles. The summed E-state index contributed by atoms with van der Waals surface area (Å²) in [4.78, 5) is 2.04. The summed E-state index contributed by atoms with van der Waals surface area (Å²) < 4.78 is 11.2. The van der Waals surface area contributed by atoms with Gasteiger partial charge in [-0.05, 0) is 20.8 Å². The predicted molar refractivity (Wildman–Crippen MR) is 59.0 cm³/mol. The van der Waals surface area contributed by atoms with E-state index in [2.05, 4.69) is 24.0 Å². The Hall–Kier alpha value is -1.14. The fourth-order valence-electron chi connectivity index (χ4n) is 2.05. The Morgan fingerprint density at radius 3 is 2.81 bits per heavy atom. The van der Waals surface area contributed by atoms with E-state index in [9.17, 15) is 0 Å². The molecular weight excluding hydrogens is 208 g/mol. The van der Waals surface area contributed by atoms with Crippen LogP contribution in [0.15, 0.2) is 4.42 Å². The number of morpholine rings is 1. The van der Waals surface area contributed by atoms with Crippen LogP contribution < -0.4 is 10.6 Å². The number of rotatable bonds is 2. The summed E-state index contributed by atoms with van der Waals surface area (Å²) in [6.07, 6.45) is 0.150. The lowest BCUT2D eigenvalue weighted by atomic mass is 10.1. The van der Waals surface area contributed by atoms with E-state index in [1.807, 2.05) is 11.8 Å². The molecule has 0 radical (unpaired) electrons. The monoisotopic (exact) mass is 226 g/mol. The van der Waals surface area contributed by atoms with Crippen molar-refractivity contribution in [3.8, 4) is 0 Å². The molecule has 1 aliphatic heterocycles. The van der Waals surface area contributed by atoms with Crippen LogP contribution in [0, 0.1) is 0 Å². The third-order valence-electron chi connectivity index (χ3n) is 2.47. The molecule has 1 aliphatic rings. The summed E-state index contributed by atoms with van der Waals surface area (Å²) >= 11 is 0. The van der Waals surface area contributed by atoms with Crippen LogP contribution in [-0.4, -0.2) is 35.0 Å². The number of ether oxygens (including phenoxy) is 1. The van der Waals surface area contributed by atoms with E-state index in [1.165, 1.54) is 0 Å². The SMILES string of the molecule is CC1CN(c2nnc(CN)o2)CC(C)(C)O1. The lowest BCUT2D eigenvalue weighted by molar-refractivity contribution is -0.0761. The molecule has 1 fully saturated rings. The first-order chi connectivity index (χ1) is 7.50. The normalized spacial score (nSPS) is 24.8. The molecule has 2 heterocycles. The summed E-state index contributed by atoms with van der Waals surface area (Å²) in [6.45, 7) is 7.91. The maximum absolute atomic E-state index is 5.80. The van der Waals surface area contributed by atoms with Gasteiger partial charge >= 0.3 is 6.01 Å². The second kappa shape index (κ2) is 4.03. The van der Waals surface area contributed by atoms with Crippen molar-refractivity contribution < 1.29 is 9.15 Å². The lowest BCUT2D eigenvalue weighted by Crippen LogP contribution is -2.52. The van der Waals surface area contributed by atoms with Crippen molar-refractivity contribution in [2.75, 3.05) is 18.0 Å². The van der Waals surface area contributed by atoms with E-state index in [4.69, 9.17) is 14.9 Å². The Morgan fingerprint density at radius 1 is 1.50 bits per heavy atom. The number of hydrogen-bond acceptors (Lipinski definition) is 6. The third kappa shape index (κ3) is 2.33. The minimum Gasteiger partial charge on any atom is -0.407 e. The van der Waals surface area contributed by atoms with E-state index in [0.29, 0.717) is 11.9 Å². The first kappa shape index (κ1) is 11.3. The Morgan fingerprint density at radius 2 is 2.25 bits per heavy atom. The first-order valence-electron chi connectivity index (χ1n) is 5.45. The molecule has 1 atom stereocenters. The van der Waals surface area contributed by atoms with Gasteiger partial charge in [-0.15, -0.1) is 5.10 Å². The number of nitrogens with zero attached hydrogens (tertiary/aromatic N) is 3. The highest BCUT2D eigenvalue weighted by atomic mass is 16.5. The number of aromatic nitrogens is 2. The van der Waals surface area contributed by atoms with Crippen molar-refractivity contribution in [1.29, 1.82) is 0 Å². The predicted octanol–water partition coefficient (Wildman–Crippen LogP) is 0.532. The van der Waals surface area contributed by atoms with Crippen LogP contribution in [0.3, 0.4) is 0 Å². The topological polar surface area (TPSA) is 77.4 Å². The number of anilines is 1. The molecule has 2 N–H and O–H groups in total. The molecule has 0 aliphatic carbocycles. The summed E-state index contributed by atoms with van der Waals surface area (Å²) in [7, 11) is 0. The van der Waals surface area contributed by atoms with Crippen molar-refractivity contribution in [2.24, 2.45) is 5.73 Å². The third-order valence-corrected chi connectivity index (χ3v) is 2.47. The molecule has 1 unspecified atom stereocenters. The second-order valence-electron chi connectivity index (χ2n) is 4.75. The highest BCUT2D eigenvalue weighted by Gasteiger charge is 2.33. The van der Waals surface area contributed by atoms with Gasteiger partial charge in [-0.1, -0.05) is 5.10 Å². The Bertz CT molecular complexity index is 363. The minimum absolute atomic E-state index is 0.150. The Labute approximate surface area is 94.8 Å². The van der Waals surface area contributed by atoms with Gasteiger partial charge in [0.05, 0.1) is 24.8 Å². The van der Waals surface area contributed by atoms with Gasteiger partial charge in [0.15, 0.2) is 0 Å². The van der Waals surface area contributed by atoms with E-state index < -0.39 is 0 Å². The lowest BCUT2D eigenvalue weighted by Gasteiger charge is -2.40. The minimum atomic E-state index is -0.199. The Balaban J connectivity index is 2.14. The van der Waals surface area contributed by atoms with Crippen LogP contribution in [0.5, 0.6) is 0 Å². The molecule has 0 amide bonds. The largest absolute Gasteiger partial charge is 0.407 e. The molecule has 90 valence electrons. The van der Waals surface area contributed by atoms with Crippen LogP contribution in [-0.2, 0) is 11.3 Å². The van der Waals surface area contributed by atoms with Gasteiger partial charge in [0.1, 0.15) is 0 Å². The molecule has 0 aromatic carbocycles. The number of hydrogen-bond donors (Lipinski definition) is 1. The van der Waals surface area contributed by atoms with Crippen LogP contribution in [0.4, 0.5) is 6.01 Å². The van der Waals surface area contributed by atoms with Gasteiger partial charge < -0.3 is 19.8 Å². The van der Waals surface area contributed by atoms with Crippen molar-refractivity contribution in [2.45, 2.75) is 39.0 Å². The van der Waals surface area contributed by atoms with Gasteiger partial charge in [-0.2, -0.15) is 0 Å². The standard InChI is InChI=1S/C10H18N4O2/c1-7-5-14(6-10(2,3)16-7)9-13-12-8(4-11)15-9/h7H,4-6,11H2,1-3H3. The molecule has 6 heteroatoms. The molecule has 0 saturated carbocycles. The molecular formula is C10H18N4O2. The van der Waals surface area contributed by atoms with Crippen LogP contribution in [0.1, 0.15) is 26.7 Å². The molecule has 1 aromatic rings. The van der Waals surface area contributed by atoms with E-state index in [0.717, 1.165) is 13.1 Å². The van der Waals surface area contributed by atoms with Crippen molar-refractivity contribution in [3.63, 3.8) is 0 Å². The molecule has 6 nitrogen and oxygen atoms in total. The van der Waals surface area contributed by atoms with Gasteiger partial charge in [0, 0.05) is 6.54 Å². The summed E-state index contributed by atoms with van der Waals surface area (Å²) in [6, 6.07) is 0.531. The van der Waals surface area contributed by atoms with Gasteiger partial charge in [0.25, 0.3) is 0 Å². The van der Waals surface area contributed by atoms with Crippen molar-refractivity contribution in [3.05, 3.63) is 5.89 Å². The molecule has 1 aromatic heterocycles. The first-order valence-corrected chi connectivity index (χ1v) is 5.45. The smallest absolute Gasteiger partial charge is 0.318 e.